The Balaban J connectivity index is 2.69. The minimum absolute atomic E-state index is 0.521. The van der Waals surface area contributed by atoms with Crippen LogP contribution in [-0.2, 0) is 8.85 Å². The molecular formula is C23H43N2O2Si2. The van der Waals surface area contributed by atoms with Crippen LogP contribution in [0, 0.1) is 0 Å². The van der Waals surface area contributed by atoms with Crippen LogP contribution >= 0.6 is 0 Å². The summed E-state index contributed by atoms with van der Waals surface area (Å²) in [5.41, 5.74) is 0. The smallest absolute Gasteiger partial charge is 0.384 e. The molecule has 1 rings (SSSR count). The number of nitrogens with zero attached hydrogens (tertiary/aromatic N) is 2. The average molecular weight is 436 g/mol. The zero-order chi connectivity index (χ0) is 21.5. The van der Waals surface area contributed by atoms with Crippen molar-refractivity contribution in [2.75, 3.05) is 39.9 Å². The Morgan fingerprint density at radius 1 is 0.862 bits per heavy atom. The first-order chi connectivity index (χ1) is 14.1. The van der Waals surface area contributed by atoms with Crippen LogP contribution < -0.4 is 5.19 Å². The average Bonchev–Trinajstić information content (AvgIpc) is 2.76. The van der Waals surface area contributed by atoms with Crippen molar-refractivity contribution in [1.82, 2.24) is 9.80 Å². The molecule has 0 spiro atoms. The molecule has 0 aliphatic heterocycles. The van der Waals surface area contributed by atoms with Gasteiger partial charge in [0, 0.05) is 18.9 Å². The summed E-state index contributed by atoms with van der Waals surface area (Å²) in [6, 6.07) is 10.8. The normalized spacial score (nSPS) is 13.2. The number of hydrogen-bond acceptors (Lipinski definition) is 4. The second kappa shape index (κ2) is 16.2. The number of unbranched alkanes of at least 4 members (excludes halogenated alkanes) is 1. The molecule has 29 heavy (non-hydrogen) atoms. The fourth-order valence-corrected chi connectivity index (χ4v) is 8.03. The molecule has 0 saturated heterocycles. The summed E-state index contributed by atoms with van der Waals surface area (Å²) >= 11 is 0. The van der Waals surface area contributed by atoms with Crippen LogP contribution in [0.2, 0.25) is 5.16 Å². The highest BCUT2D eigenvalue weighted by Gasteiger charge is 2.28. The first-order valence-electron chi connectivity index (χ1n) is 11.5. The standard InChI is InChI=1S/C23H43N2O2Si2/c1-7-24(8-2)22(25(9-3)10-4)19-15-16-20-23(29(26-6)27-11-5)28-21-17-13-12-14-18-21/h12-14,17-18,22-23H,7-11,15-16,19-20H2,1-6H3. The minimum atomic E-state index is -1.23. The molecule has 0 amide bonds. The molecule has 6 heteroatoms. The third kappa shape index (κ3) is 9.45. The second-order valence-corrected chi connectivity index (χ2v) is 11.4. The maximum atomic E-state index is 6.02. The summed E-state index contributed by atoms with van der Waals surface area (Å²) in [7, 11) is 1.36. The van der Waals surface area contributed by atoms with Crippen molar-refractivity contribution in [3.05, 3.63) is 30.3 Å². The lowest BCUT2D eigenvalue weighted by atomic mass is 10.1. The van der Waals surface area contributed by atoms with Crippen LogP contribution in [0.4, 0.5) is 0 Å². The van der Waals surface area contributed by atoms with Crippen molar-refractivity contribution in [3.8, 4) is 0 Å². The molecule has 0 fully saturated rings. The van der Waals surface area contributed by atoms with Crippen LogP contribution in [0.5, 0.6) is 0 Å². The van der Waals surface area contributed by atoms with Gasteiger partial charge in [-0.1, -0.05) is 82.5 Å². The zero-order valence-electron chi connectivity index (χ0n) is 19.6. The van der Waals surface area contributed by atoms with E-state index in [1.807, 2.05) is 7.11 Å². The molecule has 0 aromatic heterocycles. The Morgan fingerprint density at radius 3 is 1.90 bits per heavy atom. The van der Waals surface area contributed by atoms with Crippen molar-refractivity contribution < 1.29 is 8.85 Å². The molecule has 1 unspecified atom stereocenters. The van der Waals surface area contributed by atoms with E-state index in [2.05, 4.69) is 74.8 Å². The third-order valence-electron chi connectivity index (χ3n) is 5.56. The maximum Gasteiger partial charge on any atom is 0.384 e. The highest BCUT2D eigenvalue weighted by Crippen LogP contribution is 2.22. The fourth-order valence-electron chi connectivity index (χ4n) is 3.99. The number of hydrogen-bond donors (Lipinski definition) is 0. The van der Waals surface area contributed by atoms with Crippen LogP contribution in [0.15, 0.2) is 30.3 Å². The molecule has 0 aliphatic rings. The Hall–Kier alpha value is -0.506. The minimum Gasteiger partial charge on any atom is -0.397 e. The molecule has 3 radical (unpaired) electrons. The SMILES string of the molecule is CCO[Si](OC)C(CCCCC(N(CC)CC)N(CC)CC)[Si]c1ccccc1. The van der Waals surface area contributed by atoms with E-state index in [0.29, 0.717) is 11.3 Å². The van der Waals surface area contributed by atoms with Crippen LogP contribution in [0.1, 0.15) is 60.3 Å². The van der Waals surface area contributed by atoms with E-state index in [1.165, 1.54) is 30.9 Å². The molecule has 0 heterocycles. The molecule has 0 saturated carbocycles. The van der Waals surface area contributed by atoms with Crippen LogP contribution in [0.25, 0.3) is 0 Å². The van der Waals surface area contributed by atoms with Gasteiger partial charge in [0.2, 0.25) is 0 Å². The van der Waals surface area contributed by atoms with Gasteiger partial charge in [0.05, 0.1) is 15.7 Å². The Morgan fingerprint density at radius 2 is 1.41 bits per heavy atom. The highest BCUT2D eigenvalue weighted by atomic mass is 28.3. The predicted octanol–water partition coefficient (Wildman–Crippen LogP) is 4.09. The lowest BCUT2D eigenvalue weighted by molar-refractivity contribution is 0.0482. The summed E-state index contributed by atoms with van der Waals surface area (Å²) in [6.45, 7) is 16.4. The molecule has 4 nitrogen and oxygen atoms in total. The van der Waals surface area contributed by atoms with E-state index >= 15 is 0 Å². The van der Waals surface area contributed by atoms with Gasteiger partial charge in [0.15, 0.2) is 0 Å². The van der Waals surface area contributed by atoms with Crippen molar-refractivity contribution in [1.29, 1.82) is 0 Å². The molecule has 165 valence electrons. The van der Waals surface area contributed by atoms with E-state index in [-0.39, 0.29) is 0 Å². The first-order valence-corrected chi connectivity index (χ1v) is 13.9. The van der Waals surface area contributed by atoms with E-state index in [9.17, 15) is 0 Å². The monoisotopic (exact) mass is 435 g/mol. The second-order valence-electron chi connectivity index (χ2n) is 7.23. The van der Waals surface area contributed by atoms with Crippen molar-refractivity contribution >= 4 is 24.0 Å². The summed E-state index contributed by atoms with van der Waals surface area (Å²) in [5, 5.41) is 1.94. The first kappa shape index (κ1) is 26.5. The molecule has 1 aromatic carbocycles. The summed E-state index contributed by atoms with van der Waals surface area (Å²) in [6.07, 6.45) is 5.51. The largest absolute Gasteiger partial charge is 0.397 e. The third-order valence-corrected chi connectivity index (χ3v) is 9.84. The molecule has 0 bridgehead atoms. The highest BCUT2D eigenvalue weighted by molar-refractivity contribution is 6.70. The van der Waals surface area contributed by atoms with Gasteiger partial charge >= 0.3 is 9.28 Å². The molecule has 1 atom stereocenters. The topological polar surface area (TPSA) is 24.9 Å². The number of rotatable bonds is 17. The summed E-state index contributed by atoms with van der Waals surface area (Å²) in [5.74, 6) is 0. The molecule has 0 aliphatic carbocycles. The molecular weight excluding hydrogens is 392 g/mol. The lowest BCUT2D eigenvalue weighted by Gasteiger charge is -2.38. The van der Waals surface area contributed by atoms with Crippen LogP contribution in [-0.4, -0.2) is 74.7 Å². The lowest BCUT2D eigenvalue weighted by Crippen LogP contribution is -2.48. The van der Waals surface area contributed by atoms with Gasteiger partial charge in [-0.3, -0.25) is 9.80 Å². The van der Waals surface area contributed by atoms with Gasteiger partial charge < -0.3 is 8.85 Å². The van der Waals surface area contributed by atoms with E-state index in [4.69, 9.17) is 8.85 Å². The quantitative estimate of drug-likeness (QED) is 0.209. The Labute approximate surface area is 184 Å². The van der Waals surface area contributed by atoms with Gasteiger partial charge in [-0.15, -0.1) is 0 Å². The van der Waals surface area contributed by atoms with Crippen molar-refractivity contribution in [2.45, 2.75) is 71.6 Å². The van der Waals surface area contributed by atoms with Gasteiger partial charge in [-0.05, 0) is 39.5 Å². The summed E-state index contributed by atoms with van der Waals surface area (Å²) < 4.78 is 11.8. The van der Waals surface area contributed by atoms with Gasteiger partial charge in [0.25, 0.3) is 0 Å². The van der Waals surface area contributed by atoms with Gasteiger partial charge in [0.1, 0.15) is 0 Å². The van der Waals surface area contributed by atoms with E-state index in [0.717, 1.165) is 42.3 Å². The van der Waals surface area contributed by atoms with E-state index in [1.54, 1.807) is 0 Å². The molecule has 0 N–H and O–H groups in total. The number of benzene rings is 1. The predicted molar refractivity (Wildman–Crippen MR) is 128 cm³/mol. The van der Waals surface area contributed by atoms with E-state index < -0.39 is 9.28 Å². The van der Waals surface area contributed by atoms with Crippen molar-refractivity contribution in [2.24, 2.45) is 0 Å². The van der Waals surface area contributed by atoms with Crippen molar-refractivity contribution in [3.63, 3.8) is 0 Å². The molecule has 1 aromatic rings. The summed E-state index contributed by atoms with van der Waals surface area (Å²) in [4.78, 5) is 5.22. The Kier molecular flexibility index (Phi) is 14.8. The zero-order valence-corrected chi connectivity index (χ0v) is 21.6. The fraction of sp³-hybridized carbons (Fsp3) is 0.739. The maximum absolute atomic E-state index is 6.02. The van der Waals surface area contributed by atoms with Crippen LogP contribution in [0.3, 0.4) is 0 Å². The Bertz CT molecular complexity index is 487. The van der Waals surface area contributed by atoms with Gasteiger partial charge in [-0.25, -0.2) is 0 Å². The van der Waals surface area contributed by atoms with Gasteiger partial charge in [-0.2, -0.15) is 0 Å².